The van der Waals surface area contributed by atoms with Gasteiger partial charge in [-0.25, -0.2) is 9.59 Å². The molecule has 1 aromatic rings. The van der Waals surface area contributed by atoms with E-state index in [0.29, 0.717) is 21.5 Å². The molecule has 0 aliphatic heterocycles. The number of rotatable bonds is 7. The van der Waals surface area contributed by atoms with Gasteiger partial charge in [0.05, 0.1) is 18.2 Å². The molecule has 0 unspecified atom stereocenters. The SMILES string of the molecule is CCOC(=O)COc1c(Br)cc(/C=C/C(=O)O)cc1OC. The molecule has 0 aliphatic rings. The summed E-state index contributed by atoms with van der Waals surface area (Å²) in [7, 11) is 1.45. The summed E-state index contributed by atoms with van der Waals surface area (Å²) in [5, 5.41) is 8.62. The van der Waals surface area contributed by atoms with Crippen LogP contribution in [-0.4, -0.2) is 37.4 Å². The van der Waals surface area contributed by atoms with Crippen LogP contribution in [0.25, 0.3) is 6.08 Å². The first-order valence-corrected chi connectivity index (χ1v) is 6.84. The van der Waals surface area contributed by atoms with Gasteiger partial charge in [-0.2, -0.15) is 0 Å². The maximum Gasteiger partial charge on any atom is 0.344 e. The highest BCUT2D eigenvalue weighted by atomic mass is 79.9. The van der Waals surface area contributed by atoms with Crippen LogP contribution in [0.2, 0.25) is 0 Å². The lowest BCUT2D eigenvalue weighted by Gasteiger charge is -2.13. The monoisotopic (exact) mass is 358 g/mol. The van der Waals surface area contributed by atoms with Crippen molar-refractivity contribution in [3.63, 3.8) is 0 Å². The van der Waals surface area contributed by atoms with Crippen LogP contribution in [0.3, 0.4) is 0 Å². The van der Waals surface area contributed by atoms with Gasteiger partial charge in [-0.05, 0) is 46.6 Å². The number of carbonyl (C=O) groups is 2. The van der Waals surface area contributed by atoms with Gasteiger partial charge in [-0.15, -0.1) is 0 Å². The third-order valence-electron chi connectivity index (χ3n) is 2.31. The summed E-state index contributed by atoms with van der Waals surface area (Å²) < 4.78 is 15.9. The molecular weight excluding hydrogens is 344 g/mol. The molecule has 1 N–H and O–H groups in total. The van der Waals surface area contributed by atoms with Crippen LogP contribution < -0.4 is 9.47 Å². The molecule has 114 valence electrons. The maximum absolute atomic E-state index is 11.3. The Kier molecular flexibility index (Phi) is 6.74. The Bertz CT molecular complexity index is 553. The van der Waals surface area contributed by atoms with Gasteiger partial charge in [0.1, 0.15) is 0 Å². The van der Waals surface area contributed by atoms with Crippen LogP contribution in [0.15, 0.2) is 22.7 Å². The fourth-order valence-electron chi connectivity index (χ4n) is 1.48. The van der Waals surface area contributed by atoms with Gasteiger partial charge in [0.25, 0.3) is 0 Å². The third-order valence-corrected chi connectivity index (χ3v) is 2.90. The molecule has 0 saturated heterocycles. The Labute approximate surface area is 130 Å². The predicted molar refractivity (Wildman–Crippen MR) is 79.5 cm³/mol. The van der Waals surface area contributed by atoms with E-state index in [1.54, 1.807) is 19.1 Å². The fraction of sp³-hybridized carbons (Fsp3) is 0.286. The topological polar surface area (TPSA) is 82.1 Å². The minimum absolute atomic E-state index is 0.243. The Morgan fingerprint density at radius 2 is 2.10 bits per heavy atom. The summed E-state index contributed by atoms with van der Waals surface area (Å²) in [6.07, 6.45) is 2.44. The van der Waals surface area contributed by atoms with Gasteiger partial charge in [0.2, 0.25) is 0 Å². The minimum Gasteiger partial charge on any atom is -0.493 e. The molecule has 0 atom stereocenters. The number of benzene rings is 1. The van der Waals surface area contributed by atoms with Crippen LogP contribution >= 0.6 is 15.9 Å². The molecule has 0 fully saturated rings. The number of ether oxygens (including phenoxy) is 3. The van der Waals surface area contributed by atoms with Crippen LogP contribution in [0.4, 0.5) is 0 Å². The van der Waals surface area contributed by atoms with Crippen molar-refractivity contribution in [1.29, 1.82) is 0 Å². The average molecular weight is 359 g/mol. The first-order chi connectivity index (χ1) is 9.97. The van der Waals surface area contributed by atoms with E-state index in [2.05, 4.69) is 15.9 Å². The van der Waals surface area contributed by atoms with Crippen molar-refractivity contribution >= 4 is 33.9 Å². The highest BCUT2D eigenvalue weighted by Crippen LogP contribution is 2.37. The molecule has 0 amide bonds. The van der Waals surface area contributed by atoms with Crippen LogP contribution in [0, 0.1) is 0 Å². The lowest BCUT2D eigenvalue weighted by atomic mass is 10.2. The highest BCUT2D eigenvalue weighted by Gasteiger charge is 2.13. The zero-order chi connectivity index (χ0) is 15.8. The number of carboxylic acids is 1. The zero-order valence-corrected chi connectivity index (χ0v) is 13.2. The number of carbonyl (C=O) groups excluding carboxylic acids is 1. The van der Waals surface area contributed by atoms with Crippen molar-refractivity contribution in [2.24, 2.45) is 0 Å². The molecule has 0 saturated carbocycles. The number of hydrogen-bond donors (Lipinski definition) is 1. The van der Waals surface area contributed by atoms with E-state index in [1.807, 2.05) is 0 Å². The highest BCUT2D eigenvalue weighted by molar-refractivity contribution is 9.10. The maximum atomic E-state index is 11.3. The Morgan fingerprint density at radius 1 is 1.38 bits per heavy atom. The summed E-state index contributed by atoms with van der Waals surface area (Å²) in [5.41, 5.74) is 0.615. The van der Waals surface area contributed by atoms with Crippen LogP contribution in [-0.2, 0) is 14.3 Å². The molecule has 0 heterocycles. The van der Waals surface area contributed by atoms with E-state index < -0.39 is 11.9 Å². The van der Waals surface area contributed by atoms with Crippen molar-refractivity contribution in [2.75, 3.05) is 20.3 Å². The summed E-state index contributed by atoms with van der Waals surface area (Å²) in [5.74, 6) is -0.814. The molecule has 21 heavy (non-hydrogen) atoms. The third kappa shape index (κ3) is 5.47. The van der Waals surface area contributed by atoms with Gasteiger partial charge >= 0.3 is 11.9 Å². The number of hydrogen-bond acceptors (Lipinski definition) is 5. The lowest BCUT2D eigenvalue weighted by molar-refractivity contribution is -0.145. The Hall–Kier alpha value is -2.02. The van der Waals surface area contributed by atoms with Crippen molar-refractivity contribution in [3.8, 4) is 11.5 Å². The van der Waals surface area contributed by atoms with E-state index >= 15 is 0 Å². The van der Waals surface area contributed by atoms with Crippen LogP contribution in [0.1, 0.15) is 12.5 Å². The first-order valence-electron chi connectivity index (χ1n) is 6.04. The quantitative estimate of drug-likeness (QED) is 0.595. The summed E-state index contributed by atoms with van der Waals surface area (Å²) >= 11 is 3.30. The molecule has 6 nitrogen and oxygen atoms in total. The predicted octanol–water partition coefficient (Wildman–Crippen LogP) is 2.50. The van der Waals surface area contributed by atoms with E-state index in [1.165, 1.54) is 13.2 Å². The Morgan fingerprint density at radius 3 is 2.67 bits per heavy atom. The number of halogens is 1. The molecular formula is C14H15BrO6. The average Bonchev–Trinajstić information content (AvgIpc) is 2.43. The molecule has 1 aromatic carbocycles. The fourth-order valence-corrected chi connectivity index (χ4v) is 2.05. The molecule has 1 rings (SSSR count). The largest absolute Gasteiger partial charge is 0.493 e. The van der Waals surface area contributed by atoms with Gasteiger partial charge in [0.15, 0.2) is 18.1 Å². The summed E-state index contributed by atoms with van der Waals surface area (Å²) in [4.78, 5) is 21.8. The smallest absolute Gasteiger partial charge is 0.344 e. The number of aliphatic carboxylic acids is 1. The molecule has 0 aliphatic carbocycles. The number of carboxylic acid groups (broad SMARTS) is 1. The zero-order valence-electron chi connectivity index (χ0n) is 11.6. The van der Waals surface area contributed by atoms with Gasteiger partial charge in [-0.3, -0.25) is 0 Å². The normalized spacial score (nSPS) is 10.4. The van der Waals surface area contributed by atoms with Crippen molar-refractivity contribution in [1.82, 2.24) is 0 Å². The molecule has 0 radical (unpaired) electrons. The van der Waals surface area contributed by atoms with Crippen LogP contribution in [0.5, 0.6) is 11.5 Å². The summed E-state index contributed by atoms with van der Waals surface area (Å²) in [6.45, 7) is 1.74. The molecule has 0 bridgehead atoms. The molecule has 0 spiro atoms. The van der Waals surface area contributed by atoms with Crippen molar-refractivity contribution in [2.45, 2.75) is 6.92 Å². The number of esters is 1. The minimum atomic E-state index is -1.05. The second-order valence-corrected chi connectivity index (χ2v) is 4.65. The standard InChI is InChI=1S/C14H15BrO6/c1-3-20-13(18)8-21-14-10(15)6-9(4-5-12(16)17)7-11(14)19-2/h4-7H,3,8H2,1-2H3,(H,16,17)/b5-4+. The Balaban J connectivity index is 2.94. The van der Waals surface area contributed by atoms with E-state index in [-0.39, 0.29) is 13.2 Å². The van der Waals surface area contributed by atoms with Gasteiger partial charge in [-0.1, -0.05) is 0 Å². The summed E-state index contributed by atoms with van der Waals surface area (Å²) in [6, 6.07) is 3.26. The lowest BCUT2D eigenvalue weighted by Crippen LogP contribution is -2.15. The van der Waals surface area contributed by atoms with Crippen molar-refractivity contribution in [3.05, 3.63) is 28.2 Å². The van der Waals surface area contributed by atoms with Gasteiger partial charge in [0, 0.05) is 6.08 Å². The van der Waals surface area contributed by atoms with E-state index in [0.717, 1.165) is 6.08 Å². The molecule has 7 heteroatoms. The van der Waals surface area contributed by atoms with E-state index in [9.17, 15) is 9.59 Å². The first kappa shape index (κ1) is 17.0. The van der Waals surface area contributed by atoms with Gasteiger partial charge < -0.3 is 19.3 Å². The van der Waals surface area contributed by atoms with E-state index in [4.69, 9.17) is 19.3 Å². The second-order valence-electron chi connectivity index (χ2n) is 3.80. The molecule has 0 aromatic heterocycles. The van der Waals surface area contributed by atoms with Crippen molar-refractivity contribution < 1.29 is 28.9 Å². The second kappa shape index (κ2) is 8.31. The number of methoxy groups -OCH3 is 1.